The van der Waals surface area contributed by atoms with Crippen LogP contribution in [0.25, 0.3) is 0 Å². The minimum atomic E-state index is -0.343. The van der Waals surface area contributed by atoms with Gasteiger partial charge in [-0.05, 0) is 12.8 Å². The lowest BCUT2D eigenvalue weighted by Gasteiger charge is -2.06. The second-order valence-corrected chi connectivity index (χ2v) is 2.77. The van der Waals surface area contributed by atoms with Crippen LogP contribution in [0.2, 0.25) is 0 Å². The Morgan fingerprint density at radius 1 is 1.09 bits per heavy atom. The molecule has 0 saturated carbocycles. The van der Waals surface area contributed by atoms with Gasteiger partial charge in [-0.3, -0.25) is 9.59 Å². The van der Waals surface area contributed by atoms with Crippen molar-refractivity contribution >= 4 is 11.9 Å². The summed E-state index contributed by atoms with van der Waals surface area (Å²) >= 11 is 0. The van der Waals surface area contributed by atoms with E-state index in [0.717, 1.165) is 0 Å². The van der Waals surface area contributed by atoms with Crippen LogP contribution in [0.1, 0.15) is 26.7 Å². The molecule has 11 heavy (non-hydrogen) atoms. The van der Waals surface area contributed by atoms with Crippen LogP contribution in [0.3, 0.4) is 0 Å². The van der Waals surface area contributed by atoms with E-state index in [1.165, 1.54) is 0 Å². The summed E-state index contributed by atoms with van der Waals surface area (Å²) in [6.07, 6.45) is 1.40. The third-order valence-corrected chi connectivity index (χ3v) is 2.17. The molecule has 1 fully saturated rings. The van der Waals surface area contributed by atoms with E-state index in [2.05, 4.69) is 4.74 Å². The molecule has 0 aromatic carbocycles. The van der Waals surface area contributed by atoms with Gasteiger partial charge in [0.15, 0.2) is 0 Å². The van der Waals surface area contributed by atoms with Gasteiger partial charge >= 0.3 is 11.9 Å². The third-order valence-electron chi connectivity index (χ3n) is 2.17. The van der Waals surface area contributed by atoms with Crippen molar-refractivity contribution in [1.29, 1.82) is 0 Å². The van der Waals surface area contributed by atoms with Crippen LogP contribution in [0.15, 0.2) is 0 Å². The molecule has 2 atom stereocenters. The van der Waals surface area contributed by atoms with Gasteiger partial charge in [-0.25, -0.2) is 0 Å². The SMILES string of the molecule is CC[C@@H]1C(=O)OC(=O)[C@H]1CC. The first-order valence-electron chi connectivity index (χ1n) is 3.96. The van der Waals surface area contributed by atoms with Gasteiger partial charge in [0.2, 0.25) is 0 Å². The maximum Gasteiger partial charge on any atom is 0.317 e. The number of carbonyl (C=O) groups excluding carboxylic acids is 2. The summed E-state index contributed by atoms with van der Waals surface area (Å²) in [6.45, 7) is 3.79. The Balaban J connectivity index is 2.74. The van der Waals surface area contributed by atoms with E-state index in [9.17, 15) is 9.59 Å². The molecular weight excluding hydrogens is 144 g/mol. The molecule has 3 heteroatoms. The smallest absolute Gasteiger partial charge is 0.317 e. The van der Waals surface area contributed by atoms with E-state index in [0.29, 0.717) is 12.8 Å². The van der Waals surface area contributed by atoms with Crippen molar-refractivity contribution in [2.75, 3.05) is 0 Å². The molecule has 0 bridgehead atoms. The Kier molecular flexibility index (Phi) is 2.27. The lowest BCUT2D eigenvalue weighted by molar-refractivity contribution is -0.153. The molecule has 1 aliphatic heterocycles. The molecule has 1 heterocycles. The predicted octanol–water partition coefficient (Wildman–Crippen LogP) is 1.12. The molecule has 1 rings (SSSR count). The van der Waals surface area contributed by atoms with Crippen LogP contribution in [-0.4, -0.2) is 11.9 Å². The van der Waals surface area contributed by atoms with E-state index in [4.69, 9.17) is 0 Å². The van der Waals surface area contributed by atoms with Crippen molar-refractivity contribution in [3.8, 4) is 0 Å². The molecule has 0 unspecified atom stereocenters. The Hall–Kier alpha value is -0.860. The molecular formula is C8H12O3. The quantitative estimate of drug-likeness (QED) is 0.444. The van der Waals surface area contributed by atoms with E-state index in [-0.39, 0.29) is 23.8 Å². The van der Waals surface area contributed by atoms with Crippen molar-refractivity contribution in [3.63, 3.8) is 0 Å². The Morgan fingerprint density at radius 2 is 1.45 bits per heavy atom. The minimum absolute atomic E-state index is 0.188. The lowest BCUT2D eigenvalue weighted by Crippen LogP contribution is -2.15. The standard InChI is InChI=1S/C8H12O3/c1-3-5-6(4-2)8(10)11-7(5)9/h5-6H,3-4H2,1-2H3/t5-,6-/m0/s1. The zero-order valence-electron chi connectivity index (χ0n) is 6.79. The van der Waals surface area contributed by atoms with E-state index < -0.39 is 0 Å². The highest BCUT2D eigenvalue weighted by Gasteiger charge is 2.41. The maximum absolute atomic E-state index is 10.9. The zero-order valence-corrected chi connectivity index (χ0v) is 6.79. The molecule has 0 spiro atoms. The molecule has 62 valence electrons. The molecule has 0 aliphatic carbocycles. The van der Waals surface area contributed by atoms with Gasteiger partial charge < -0.3 is 4.74 Å². The monoisotopic (exact) mass is 156 g/mol. The summed E-state index contributed by atoms with van der Waals surface area (Å²) < 4.78 is 4.49. The van der Waals surface area contributed by atoms with Gasteiger partial charge in [-0.1, -0.05) is 13.8 Å². The molecule has 0 radical (unpaired) electrons. The summed E-state index contributed by atoms with van der Waals surface area (Å²) in [7, 11) is 0. The highest BCUT2D eigenvalue weighted by molar-refractivity contribution is 5.96. The number of esters is 2. The van der Waals surface area contributed by atoms with E-state index >= 15 is 0 Å². The van der Waals surface area contributed by atoms with E-state index in [1.807, 2.05) is 13.8 Å². The Bertz CT molecular complexity index is 166. The Labute approximate surface area is 65.7 Å². The van der Waals surface area contributed by atoms with Crippen molar-refractivity contribution in [2.24, 2.45) is 11.8 Å². The first-order chi connectivity index (χ1) is 5.20. The number of ether oxygens (including phenoxy) is 1. The Morgan fingerprint density at radius 3 is 1.73 bits per heavy atom. The van der Waals surface area contributed by atoms with Crippen LogP contribution in [-0.2, 0) is 14.3 Å². The topological polar surface area (TPSA) is 43.4 Å². The van der Waals surface area contributed by atoms with Gasteiger partial charge in [0.25, 0.3) is 0 Å². The number of hydrogen-bond acceptors (Lipinski definition) is 3. The van der Waals surface area contributed by atoms with Crippen LogP contribution in [0, 0.1) is 11.8 Å². The fourth-order valence-electron chi connectivity index (χ4n) is 1.48. The molecule has 0 amide bonds. The second-order valence-electron chi connectivity index (χ2n) is 2.77. The minimum Gasteiger partial charge on any atom is -0.393 e. The fraction of sp³-hybridized carbons (Fsp3) is 0.750. The fourth-order valence-corrected chi connectivity index (χ4v) is 1.48. The van der Waals surface area contributed by atoms with Crippen LogP contribution in [0.4, 0.5) is 0 Å². The molecule has 1 aliphatic rings. The van der Waals surface area contributed by atoms with Gasteiger partial charge in [0.1, 0.15) is 0 Å². The third kappa shape index (κ3) is 1.27. The summed E-state index contributed by atoms with van der Waals surface area (Å²) in [5.41, 5.74) is 0. The predicted molar refractivity (Wildman–Crippen MR) is 38.7 cm³/mol. The molecule has 0 N–H and O–H groups in total. The summed E-state index contributed by atoms with van der Waals surface area (Å²) in [6, 6.07) is 0. The van der Waals surface area contributed by atoms with Crippen molar-refractivity contribution in [1.82, 2.24) is 0 Å². The number of hydrogen-bond donors (Lipinski definition) is 0. The average Bonchev–Trinajstić information content (AvgIpc) is 2.24. The van der Waals surface area contributed by atoms with Crippen LogP contribution in [0.5, 0.6) is 0 Å². The second kappa shape index (κ2) is 3.03. The number of carbonyl (C=O) groups is 2. The van der Waals surface area contributed by atoms with Crippen LogP contribution >= 0.6 is 0 Å². The lowest BCUT2D eigenvalue weighted by atomic mass is 9.91. The van der Waals surface area contributed by atoms with Crippen LogP contribution < -0.4 is 0 Å². The molecule has 0 aromatic heterocycles. The van der Waals surface area contributed by atoms with Gasteiger partial charge in [-0.2, -0.15) is 0 Å². The summed E-state index contributed by atoms with van der Waals surface area (Å²) in [4.78, 5) is 21.9. The number of cyclic esters (lactones) is 2. The first-order valence-corrected chi connectivity index (χ1v) is 3.96. The van der Waals surface area contributed by atoms with Gasteiger partial charge in [0.05, 0.1) is 11.8 Å². The van der Waals surface area contributed by atoms with Crippen molar-refractivity contribution in [3.05, 3.63) is 0 Å². The van der Waals surface area contributed by atoms with Crippen molar-refractivity contribution < 1.29 is 14.3 Å². The average molecular weight is 156 g/mol. The van der Waals surface area contributed by atoms with Gasteiger partial charge in [-0.15, -0.1) is 0 Å². The highest BCUT2D eigenvalue weighted by atomic mass is 16.6. The summed E-state index contributed by atoms with van der Waals surface area (Å²) in [5.74, 6) is -1.06. The zero-order chi connectivity index (χ0) is 8.43. The summed E-state index contributed by atoms with van der Waals surface area (Å²) in [5, 5.41) is 0. The van der Waals surface area contributed by atoms with E-state index in [1.54, 1.807) is 0 Å². The molecule has 3 nitrogen and oxygen atoms in total. The molecule has 1 saturated heterocycles. The number of rotatable bonds is 2. The highest BCUT2D eigenvalue weighted by Crippen LogP contribution is 2.28. The molecule has 0 aromatic rings. The normalized spacial score (nSPS) is 30.7. The van der Waals surface area contributed by atoms with Gasteiger partial charge in [0, 0.05) is 0 Å². The first kappa shape index (κ1) is 8.24. The largest absolute Gasteiger partial charge is 0.393 e. The van der Waals surface area contributed by atoms with Crippen molar-refractivity contribution in [2.45, 2.75) is 26.7 Å². The maximum atomic E-state index is 10.9.